The molecule has 2 aromatic heterocycles. The monoisotopic (exact) mass is 324 g/mol. The van der Waals surface area contributed by atoms with Crippen LogP contribution in [0.1, 0.15) is 25.3 Å². The maximum absolute atomic E-state index is 12.3. The molecule has 0 unspecified atom stereocenters. The number of carbonyl (C=O) groups is 1. The van der Waals surface area contributed by atoms with Crippen molar-refractivity contribution in [2.24, 2.45) is 0 Å². The van der Waals surface area contributed by atoms with Crippen LogP contribution < -0.4 is 10.6 Å². The van der Waals surface area contributed by atoms with E-state index in [1.165, 1.54) is 12.3 Å². The minimum Gasteiger partial charge on any atom is -0.333 e. The number of urea groups is 1. The predicted molar refractivity (Wildman–Crippen MR) is 79.3 cm³/mol. The summed E-state index contributed by atoms with van der Waals surface area (Å²) in [4.78, 5) is 16.1. The van der Waals surface area contributed by atoms with Gasteiger partial charge in [0.2, 0.25) is 0 Å². The second-order valence-corrected chi connectivity index (χ2v) is 5.53. The quantitative estimate of drug-likeness (QED) is 0.886. The van der Waals surface area contributed by atoms with E-state index in [1.807, 2.05) is 10.8 Å². The molecule has 23 heavy (non-hydrogen) atoms. The van der Waals surface area contributed by atoms with E-state index in [1.54, 1.807) is 12.5 Å². The molecule has 2 N–H and O–H groups in total. The SMILES string of the molecule is O=C(Nc1ccn(CC(F)F)n1)N[C@@H]1CCC[C@@H]1n1ccnc1. The average Bonchev–Trinajstić information content (AvgIpc) is 3.19. The molecule has 0 radical (unpaired) electrons. The van der Waals surface area contributed by atoms with Gasteiger partial charge in [-0.1, -0.05) is 0 Å². The first-order valence-electron chi connectivity index (χ1n) is 7.48. The number of rotatable bonds is 5. The summed E-state index contributed by atoms with van der Waals surface area (Å²) in [6.07, 6.45) is 7.16. The summed E-state index contributed by atoms with van der Waals surface area (Å²) in [6, 6.07) is 1.29. The van der Waals surface area contributed by atoms with Gasteiger partial charge in [0, 0.05) is 24.7 Å². The van der Waals surface area contributed by atoms with Gasteiger partial charge >= 0.3 is 6.03 Å². The number of nitrogens with one attached hydrogen (secondary N) is 2. The fourth-order valence-electron chi connectivity index (χ4n) is 2.92. The highest BCUT2D eigenvalue weighted by Gasteiger charge is 2.29. The van der Waals surface area contributed by atoms with Gasteiger partial charge in [0.05, 0.1) is 18.4 Å². The van der Waals surface area contributed by atoms with Gasteiger partial charge in [-0.15, -0.1) is 0 Å². The smallest absolute Gasteiger partial charge is 0.320 e. The first kappa shape index (κ1) is 15.4. The normalized spacial score (nSPS) is 20.8. The maximum atomic E-state index is 12.3. The molecule has 2 aromatic rings. The van der Waals surface area contributed by atoms with Crippen molar-refractivity contribution in [3.8, 4) is 0 Å². The van der Waals surface area contributed by atoms with Crippen molar-refractivity contribution in [2.45, 2.75) is 44.3 Å². The second-order valence-electron chi connectivity index (χ2n) is 5.53. The molecule has 9 heteroatoms. The van der Waals surface area contributed by atoms with Crippen LogP contribution >= 0.6 is 0 Å². The van der Waals surface area contributed by atoms with Crippen LogP contribution in [0.25, 0.3) is 0 Å². The minimum atomic E-state index is -2.48. The van der Waals surface area contributed by atoms with E-state index in [9.17, 15) is 13.6 Å². The van der Waals surface area contributed by atoms with Gasteiger partial charge in [-0.2, -0.15) is 5.10 Å². The van der Waals surface area contributed by atoms with Crippen LogP contribution in [0.5, 0.6) is 0 Å². The Morgan fingerprint density at radius 3 is 3.00 bits per heavy atom. The van der Waals surface area contributed by atoms with E-state index in [4.69, 9.17) is 0 Å². The molecule has 1 aliphatic rings. The first-order valence-corrected chi connectivity index (χ1v) is 7.48. The summed E-state index contributed by atoms with van der Waals surface area (Å²) in [5.74, 6) is 0.250. The van der Waals surface area contributed by atoms with Crippen molar-refractivity contribution in [1.29, 1.82) is 0 Å². The number of imidazole rings is 1. The lowest BCUT2D eigenvalue weighted by molar-refractivity contribution is 0.122. The van der Waals surface area contributed by atoms with Gasteiger partial charge in [-0.05, 0) is 19.3 Å². The molecular formula is C14H18F2N6O. The van der Waals surface area contributed by atoms with Crippen LogP contribution in [-0.4, -0.2) is 37.8 Å². The molecular weight excluding hydrogens is 306 g/mol. The zero-order valence-electron chi connectivity index (χ0n) is 12.4. The molecule has 0 bridgehead atoms. The number of hydrogen-bond donors (Lipinski definition) is 2. The van der Waals surface area contributed by atoms with Crippen molar-refractivity contribution >= 4 is 11.8 Å². The van der Waals surface area contributed by atoms with E-state index in [0.29, 0.717) is 0 Å². The highest BCUT2D eigenvalue weighted by molar-refractivity contribution is 5.88. The number of amides is 2. The summed E-state index contributed by atoms with van der Waals surface area (Å²) in [5.41, 5.74) is 0. The van der Waals surface area contributed by atoms with Crippen LogP contribution in [0.2, 0.25) is 0 Å². The first-order chi connectivity index (χ1) is 11.1. The molecule has 0 spiro atoms. The fourth-order valence-corrected chi connectivity index (χ4v) is 2.92. The molecule has 124 valence electrons. The zero-order valence-corrected chi connectivity index (χ0v) is 12.4. The van der Waals surface area contributed by atoms with Gasteiger partial charge in [0.25, 0.3) is 6.43 Å². The third kappa shape index (κ3) is 3.85. The van der Waals surface area contributed by atoms with E-state index in [0.717, 1.165) is 23.9 Å². The largest absolute Gasteiger partial charge is 0.333 e. The maximum Gasteiger partial charge on any atom is 0.320 e. The molecule has 0 saturated heterocycles. The molecule has 1 saturated carbocycles. The van der Waals surface area contributed by atoms with E-state index in [2.05, 4.69) is 20.7 Å². The molecule has 0 aliphatic heterocycles. The summed E-state index contributed by atoms with van der Waals surface area (Å²) < 4.78 is 27.6. The topological polar surface area (TPSA) is 76.8 Å². The Labute approximate surface area is 131 Å². The number of halogens is 2. The lowest BCUT2D eigenvalue weighted by Crippen LogP contribution is -2.40. The number of aromatic nitrogens is 4. The fraction of sp³-hybridized carbons (Fsp3) is 0.500. The second kappa shape index (κ2) is 6.76. The Kier molecular flexibility index (Phi) is 4.54. The van der Waals surface area contributed by atoms with Crippen molar-refractivity contribution < 1.29 is 13.6 Å². The minimum absolute atomic E-state index is 0.00681. The van der Waals surface area contributed by atoms with Crippen molar-refractivity contribution in [1.82, 2.24) is 24.6 Å². The summed E-state index contributed by atoms with van der Waals surface area (Å²) in [6.45, 7) is -0.491. The van der Waals surface area contributed by atoms with Gasteiger partial charge < -0.3 is 9.88 Å². The molecule has 0 aromatic carbocycles. The Morgan fingerprint density at radius 2 is 2.26 bits per heavy atom. The van der Waals surface area contributed by atoms with Crippen molar-refractivity contribution in [3.05, 3.63) is 31.0 Å². The van der Waals surface area contributed by atoms with E-state index >= 15 is 0 Å². The van der Waals surface area contributed by atoms with Gasteiger partial charge in [0.15, 0.2) is 5.82 Å². The Balaban J connectivity index is 1.55. The Morgan fingerprint density at radius 1 is 1.39 bits per heavy atom. The Hall–Kier alpha value is -2.45. The van der Waals surface area contributed by atoms with Crippen LogP contribution in [0.4, 0.5) is 19.4 Å². The molecule has 1 aliphatic carbocycles. The number of nitrogens with zero attached hydrogens (tertiary/aromatic N) is 4. The summed E-state index contributed by atoms with van der Waals surface area (Å²) in [7, 11) is 0. The number of anilines is 1. The molecule has 2 amide bonds. The number of hydrogen-bond acceptors (Lipinski definition) is 3. The molecule has 3 rings (SSSR count). The third-order valence-electron chi connectivity index (χ3n) is 3.91. The molecule has 2 atom stereocenters. The third-order valence-corrected chi connectivity index (χ3v) is 3.91. The predicted octanol–water partition coefficient (Wildman–Crippen LogP) is 2.26. The number of carbonyl (C=O) groups excluding carboxylic acids is 1. The van der Waals surface area contributed by atoms with Crippen molar-refractivity contribution in [2.75, 3.05) is 5.32 Å². The van der Waals surface area contributed by atoms with Crippen molar-refractivity contribution in [3.63, 3.8) is 0 Å². The van der Waals surface area contributed by atoms with Crippen LogP contribution in [0.3, 0.4) is 0 Å². The highest BCUT2D eigenvalue weighted by atomic mass is 19.3. The standard InChI is InChI=1S/C14H18F2N6O/c15-12(16)8-22-6-4-13(20-22)19-14(23)18-10-2-1-3-11(10)21-7-5-17-9-21/h4-7,9-12H,1-3,8H2,(H2,18,19,20,23)/t10-,11+/m1/s1. The highest BCUT2D eigenvalue weighted by Crippen LogP contribution is 2.29. The van der Waals surface area contributed by atoms with Gasteiger partial charge in [-0.3, -0.25) is 10.00 Å². The number of alkyl halides is 2. The lowest BCUT2D eigenvalue weighted by atomic mass is 10.2. The van der Waals surface area contributed by atoms with Crippen LogP contribution in [0.15, 0.2) is 31.0 Å². The lowest BCUT2D eigenvalue weighted by Gasteiger charge is -2.22. The average molecular weight is 324 g/mol. The van der Waals surface area contributed by atoms with E-state index in [-0.39, 0.29) is 23.9 Å². The zero-order chi connectivity index (χ0) is 16.2. The Bertz CT molecular complexity index is 641. The van der Waals surface area contributed by atoms with Crippen LogP contribution in [0, 0.1) is 0 Å². The van der Waals surface area contributed by atoms with Gasteiger partial charge in [0.1, 0.15) is 6.54 Å². The van der Waals surface area contributed by atoms with Gasteiger partial charge in [-0.25, -0.2) is 18.6 Å². The molecule has 2 heterocycles. The van der Waals surface area contributed by atoms with E-state index < -0.39 is 13.0 Å². The summed E-state index contributed by atoms with van der Waals surface area (Å²) in [5, 5.41) is 9.38. The molecule has 7 nitrogen and oxygen atoms in total. The molecule has 1 fully saturated rings. The summed E-state index contributed by atoms with van der Waals surface area (Å²) >= 11 is 0. The van der Waals surface area contributed by atoms with Crippen LogP contribution in [-0.2, 0) is 6.54 Å².